The highest BCUT2D eigenvalue weighted by Gasteiger charge is 2.23. The summed E-state index contributed by atoms with van der Waals surface area (Å²) in [7, 11) is 0. The van der Waals surface area contributed by atoms with Gasteiger partial charge in [-0.15, -0.1) is 23.1 Å². The molecule has 2 amide bonds. The lowest BCUT2D eigenvalue weighted by atomic mass is 10.1. The van der Waals surface area contributed by atoms with E-state index in [1.165, 1.54) is 29.2 Å². The smallest absolute Gasteiger partial charge is 0.338 e. The number of carbonyl (C=O) groups is 3. The molecule has 0 saturated heterocycles. The van der Waals surface area contributed by atoms with E-state index in [-0.39, 0.29) is 11.5 Å². The first-order valence-corrected chi connectivity index (χ1v) is 10.4. The summed E-state index contributed by atoms with van der Waals surface area (Å²) < 4.78 is 5.08. The Bertz CT molecular complexity index is 1040. The Labute approximate surface area is 169 Å². The summed E-state index contributed by atoms with van der Waals surface area (Å²) in [6.07, 6.45) is 2.81. The average Bonchev–Trinajstić information content (AvgIpc) is 3.26. The first-order valence-electron chi connectivity index (χ1n) is 8.63. The van der Waals surface area contributed by atoms with Crippen LogP contribution in [0.1, 0.15) is 32.8 Å². The molecule has 2 N–H and O–H groups in total. The van der Waals surface area contributed by atoms with Crippen molar-refractivity contribution in [3.8, 4) is 6.07 Å². The third kappa shape index (κ3) is 3.61. The van der Waals surface area contributed by atoms with Crippen molar-refractivity contribution in [2.75, 3.05) is 23.0 Å². The van der Waals surface area contributed by atoms with Crippen molar-refractivity contribution in [3.63, 3.8) is 0 Å². The predicted molar refractivity (Wildman–Crippen MR) is 106 cm³/mol. The number of thioether (sulfide) groups is 1. The van der Waals surface area contributed by atoms with Crippen LogP contribution in [-0.4, -0.2) is 30.1 Å². The molecule has 1 aliphatic heterocycles. The maximum atomic E-state index is 12.2. The minimum atomic E-state index is -0.656. The van der Waals surface area contributed by atoms with Crippen LogP contribution < -0.4 is 10.6 Å². The van der Waals surface area contributed by atoms with Gasteiger partial charge in [-0.1, -0.05) is 0 Å². The number of ether oxygens (including phenoxy) is 1. The van der Waals surface area contributed by atoms with Gasteiger partial charge in [0, 0.05) is 9.77 Å². The molecule has 0 spiro atoms. The fourth-order valence-corrected chi connectivity index (χ4v) is 5.24. The number of anilines is 2. The van der Waals surface area contributed by atoms with E-state index in [1.54, 1.807) is 12.1 Å². The van der Waals surface area contributed by atoms with Crippen LogP contribution in [0, 0.1) is 11.3 Å². The van der Waals surface area contributed by atoms with Gasteiger partial charge in [-0.2, -0.15) is 5.26 Å². The van der Waals surface area contributed by atoms with Crippen LogP contribution in [0.4, 0.5) is 10.7 Å². The standard InChI is InChI=1S/C19H15N3O4S2/c20-7-12-11-2-1-3-14(11)28-18(12)22-16(23)8-26-19(25)10-4-5-15-13(6-10)21-17(24)9-27-15/h4-6H,1-3,8-9H2,(H,21,24)(H,22,23). The number of amides is 2. The SMILES string of the molecule is N#Cc1c(NC(=O)COC(=O)c2ccc3c(c2)NC(=O)CS3)sc2c1CCC2. The molecule has 0 atom stereocenters. The molecular formula is C19H15N3O4S2. The van der Waals surface area contributed by atoms with Crippen molar-refractivity contribution >= 4 is 51.6 Å². The van der Waals surface area contributed by atoms with E-state index in [0.29, 0.717) is 22.0 Å². The largest absolute Gasteiger partial charge is 0.452 e. The van der Waals surface area contributed by atoms with E-state index < -0.39 is 18.5 Å². The fourth-order valence-electron chi connectivity index (χ4n) is 3.20. The first kappa shape index (κ1) is 18.5. The first-order chi connectivity index (χ1) is 13.5. The molecule has 0 fully saturated rings. The molecule has 7 nitrogen and oxygen atoms in total. The molecule has 2 aromatic rings. The lowest BCUT2D eigenvalue weighted by Gasteiger charge is -2.16. The molecule has 1 aromatic carbocycles. The third-order valence-corrected chi connectivity index (χ3v) is 6.75. The van der Waals surface area contributed by atoms with Gasteiger partial charge in [0.2, 0.25) is 5.91 Å². The molecule has 28 heavy (non-hydrogen) atoms. The molecule has 1 aromatic heterocycles. The molecule has 0 saturated carbocycles. The van der Waals surface area contributed by atoms with Crippen molar-refractivity contribution in [2.24, 2.45) is 0 Å². The Kier molecular flexibility index (Phi) is 5.07. The van der Waals surface area contributed by atoms with Crippen LogP contribution in [0.3, 0.4) is 0 Å². The number of carbonyl (C=O) groups excluding carboxylic acids is 3. The van der Waals surface area contributed by atoms with Crippen molar-refractivity contribution in [1.29, 1.82) is 5.26 Å². The summed E-state index contributed by atoms with van der Waals surface area (Å²) in [6.45, 7) is -0.454. The maximum Gasteiger partial charge on any atom is 0.338 e. The third-order valence-electron chi connectivity index (χ3n) is 4.47. The number of rotatable bonds is 4. The minimum Gasteiger partial charge on any atom is -0.452 e. The van der Waals surface area contributed by atoms with E-state index in [4.69, 9.17) is 4.74 Å². The van der Waals surface area contributed by atoms with E-state index in [0.717, 1.165) is 34.6 Å². The summed E-state index contributed by atoms with van der Waals surface area (Å²) in [5.74, 6) is -0.935. The number of hydrogen-bond acceptors (Lipinski definition) is 7. The summed E-state index contributed by atoms with van der Waals surface area (Å²) in [6, 6.07) is 7.03. The van der Waals surface area contributed by atoms with Gasteiger partial charge < -0.3 is 15.4 Å². The highest BCUT2D eigenvalue weighted by atomic mass is 32.2. The Morgan fingerprint density at radius 3 is 3.00 bits per heavy atom. The number of esters is 1. The second-order valence-electron chi connectivity index (χ2n) is 6.35. The lowest BCUT2D eigenvalue weighted by molar-refractivity contribution is -0.119. The number of fused-ring (bicyclic) bond motifs is 2. The number of nitriles is 1. The van der Waals surface area contributed by atoms with Crippen molar-refractivity contribution in [3.05, 3.63) is 39.8 Å². The van der Waals surface area contributed by atoms with Crippen LogP contribution in [0.25, 0.3) is 0 Å². The maximum absolute atomic E-state index is 12.2. The predicted octanol–water partition coefficient (Wildman–Crippen LogP) is 2.95. The van der Waals surface area contributed by atoms with Gasteiger partial charge >= 0.3 is 5.97 Å². The fraction of sp³-hybridized carbons (Fsp3) is 0.263. The normalized spacial score (nSPS) is 14.5. The van der Waals surface area contributed by atoms with E-state index >= 15 is 0 Å². The molecule has 2 heterocycles. The minimum absolute atomic E-state index is 0.126. The van der Waals surface area contributed by atoms with Crippen molar-refractivity contribution in [1.82, 2.24) is 0 Å². The van der Waals surface area contributed by atoms with E-state index in [2.05, 4.69) is 16.7 Å². The van der Waals surface area contributed by atoms with Gasteiger partial charge in [0.05, 0.1) is 22.6 Å². The van der Waals surface area contributed by atoms with Gasteiger partial charge in [-0.05, 0) is 43.0 Å². The summed E-state index contributed by atoms with van der Waals surface area (Å²) in [4.78, 5) is 37.9. The van der Waals surface area contributed by atoms with Gasteiger partial charge in [0.15, 0.2) is 6.61 Å². The molecule has 0 unspecified atom stereocenters. The Balaban J connectivity index is 1.38. The lowest BCUT2D eigenvalue weighted by Crippen LogP contribution is -2.22. The number of thiophene rings is 1. The molecular weight excluding hydrogens is 398 g/mol. The highest BCUT2D eigenvalue weighted by molar-refractivity contribution is 8.00. The zero-order valence-electron chi connectivity index (χ0n) is 14.7. The zero-order chi connectivity index (χ0) is 19.7. The second-order valence-corrected chi connectivity index (χ2v) is 8.47. The van der Waals surface area contributed by atoms with E-state index in [9.17, 15) is 19.6 Å². The number of aryl methyl sites for hydroxylation is 1. The van der Waals surface area contributed by atoms with Crippen LogP contribution >= 0.6 is 23.1 Å². The number of nitrogens with one attached hydrogen (secondary N) is 2. The summed E-state index contributed by atoms with van der Waals surface area (Å²) >= 11 is 2.81. The summed E-state index contributed by atoms with van der Waals surface area (Å²) in [5, 5.41) is 15.3. The van der Waals surface area contributed by atoms with Crippen molar-refractivity contribution in [2.45, 2.75) is 24.2 Å². The average molecular weight is 413 g/mol. The topological polar surface area (TPSA) is 108 Å². The molecule has 4 rings (SSSR count). The second kappa shape index (κ2) is 7.66. The van der Waals surface area contributed by atoms with E-state index in [1.807, 2.05) is 0 Å². The summed E-state index contributed by atoms with van der Waals surface area (Å²) in [5.41, 5.74) is 2.35. The number of nitrogens with zero attached hydrogens (tertiary/aromatic N) is 1. The van der Waals surface area contributed by atoms with Gasteiger partial charge in [-0.25, -0.2) is 4.79 Å². The van der Waals surface area contributed by atoms with Gasteiger partial charge in [-0.3, -0.25) is 9.59 Å². The van der Waals surface area contributed by atoms with Crippen molar-refractivity contribution < 1.29 is 19.1 Å². The Hall–Kier alpha value is -2.83. The zero-order valence-corrected chi connectivity index (χ0v) is 16.3. The van der Waals surface area contributed by atoms with Crippen LogP contribution in [0.2, 0.25) is 0 Å². The molecule has 0 bridgehead atoms. The quantitative estimate of drug-likeness (QED) is 0.746. The Morgan fingerprint density at radius 1 is 1.32 bits per heavy atom. The van der Waals surface area contributed by atoms with Gasteiger partial charge in [0.1, 0.15) is 11.1 Å². The monoisotopic (exact) mass is 413 g/mol. The number of benzene rings is 1. The molecule has 0 radical (unpaired) electrons. The van der Waals surface area contributed by atoms with Gasteiger partial charge in [0.25, 0.3) is 5.91 Å². The van der Waals surface area contributed by atoms with Crippen LogP contribution in [0.5, 0.6) is 0 Å². The number of hydrogen-bond donors (Lipinski definition) is 2. The molecule has 9 heteroatoms. The molecule has 1 aliphatic carbocycles. The Morgan fingerprint density at radius 2 is 2.18 bits per heavy atom. The van der Waals surface area contributed by atoms with Crippen LogP contribution in [0.15, 0.2) is 23.1 Å². The highest BCUT2D eigenvalue weighted by Crippen LogP contribution is 2.38. The molecule has 142 valence electrons. The van der Waals surface area contributed by atoms with Crippen LogP contribution in [-0.2, 0) is 27.2 Å². The molecule has 2 aliphatic rings.